The summed E-state index contributed by atoms with van der Waals surface area (Å²) < 4.78 is 20.6. The van der Waals surface area contributed by atoms with Gasteiger partial charge in [0.2, 0.25) is 0 Å². The number of hydrogen-bond acceptors (Lipinski definition) is 6. The highest BCUT2D eigenvalue weighted by Gasteiger charge is 2.12. The van der Waals surface area contributed by atoms with Crippen LogP contribution >= 0.6 is 0 Å². The number of anilines is 1. The number of ether oxygens (including phenoxy) is 1. The molecular formula is C24H25FN6O2. The fourth-order valence-electron chi connectivity index (χ4n) is 3.52. The molecule has 0 unspecified atom stereocenters. The first kappa shape index (κ1) is 22.2. The molecule has 2 aromatic carbocycles. The molecule has 0 aliphatic heterocycles. The van der Waals surface area contributed by atoms with E-state index in [0.29, 0.717) is 36.5 Å². The summed E-state index contributed by atoms with van der Waals surface area (Å²) in [5, 5.41) is 5.60. The van der Waals surface area contributed by atoms with Crippen LogP contribution in [-0.2, 0) is 17.8 Å². The quantitative estimate of drug-likeness (QED) is 0.292. The summed E-state index contributed by atoms with van der Waals surface area (Å²) in [6.07, 6.45) is 1.72. The number of nitrogens with zero attached hydrogens (tertiary/aromatic N) is 4. The first-order valence-electron chi connectivity index (χ1n) is 10.7. The summed E-state index contributed by atoms with van der Waals surface area (Å²) in [4.78, 5) is 23.8. The van der Waals surface area contributed by atoms with Crippen molar-refractivity contribution in [3.63, 3.8) is 0 Å². The van der Waals surface area contributed by atoms with Gasteiger partial charge in [0.05, 0.1) is 12.9 Å². The second-order valence-electron chi connectivity index (χ2n) is 7.46. The molecule has 33 heavy (non-hydrogen) atoms. The summed E-state index contributed by atoms with van der Waals surface area (Å²) in [6.45, 7) is 1.25. The number of rotatable bonds is 9. The summed E-state index contributed by atoms with van der Waals surface area (Å²) in [7, 11) is 1.66. The van der Waals surface area contributed by atoms with E-state index in [0.717, 1.165) is 23.1 Å². The maximum Gasteiger partial charge on any atom is 0.407 e. The molecule has 9 heteroatoms. The minimum absolute atomic E-state index is 0.285. The molecule has 4 aromatic rings. The van der Waals surface area contributed by atoms with Crippen molar-refractivity contribution in [2.75, 3.05) is 19.0 Å². The first-order valence-corrected chi connectivity index (χ1v) is 10.7. The normalized spacial score (nSPS) is 10.8. The maximum absolute atomic E-state index is 13.6. The second kappa shape index (κ2) is 10.5. The van der Waals surface area contributed by atoms with E-state index in [1.807, 2.05) is 36.4 Å². The number of aryl methyl sites for hydroxylation is 1. The lowest BCUT2D eigenvalue weighted by Gasteiger charge is -2.09. The van der Waals surface area contributed by atoms with E-state index in [1.54, 1.807) is 17.9 Å². The molecule has 2 N–H and O–H groups in total. The zero-order valence-electron chi connectivity index (χ0n) is 18.3. The monoisotopic (exact) mass is 448 g/mol. The average Bonchev–Trinajstić information content (AvgIpc) is 3.25. The number of amides is 1. The summed E-state index contributed by atoms with van der Waals surface area (Å²) >= 11 is 0. The van der Waals surface area contributed by atoms with Gasteiger partial charge in [-0.2, -0.15) is 14.4 Å². The molecule has 4 rings (SSSR count). The zero-order valence-corrected chi connectivity index (χ0v) is 18.3. The van der Waals surface area contributed by atoms with Gasteiger partial charge >= 0.3 is 12.2 Å². The fourth-order valence-corrected chi connectivity index (χ4v) is 3.52. The van der Waals surface area contributed by atoms with Crippen molar-refractivity contribution in [3.8, 4) is 11.1 Å². The Bertz CT molecular complexity index is 1230. The van der Waals surface area contributed by atoms with Crippen molar-refractivity contribution in [2.45, 2.75) is 25.9 Å². The SMILES string of the molecule is CNc1nc(F)nc2c1ncn2CCCCOC(=O)NCc1cccc(-c2ccccc2)c1. The number of carbonyl (C=O) groups is 1. The van der Waals surface area contributed by atoms with Crippen LogP contribution in [0.15, 0.2) is 60.9 Å². The van der Waals surface area contributed by atoms with Crippen LogP contribution in [0.1, 0.15) is 18.4 Å². The Morgan fingerprint density at radius 3 is 2.70 bits per heavy atom. The van der Waals surface area contributed by atoms with E-state index < -0.39 is 12.2 Å². The third-order valence-electron chi connectivity index (χ3n) is 5.17. The lowest BCUT2D eigenvalue weighted by Crippen LogP contribution is -2.24. The number of hydrogen-bond donors (Lipinski definition) is 2. The second-order valence-corrected chi connectivity index (χ2v) is 7.46. The van der Waals surface area contributed by atoms with Crippen molar-refractivity contribution < 1.29 is 13.9 Å². The van der Waals surface area contributed by atoms with Crippen molar-refractivity contribution in [3.05, 3.63) is 72.6 Å². The van der Waals surface area contributed by atoms with Crippen molar-refractivity contribution in [2.24, 2.45) is 0 Å². The Kier molecular flexibility index (Phi) is 7.09. The lowest BCUT2D eigenvalue weighted by atomic mass is 10.0. The molecule has 1 amide bonds. The summed E-state index contributed by atoms with van der Waals surface area (Å²) in [5.74, 6) is 0.352. The van der Waals surface area contributed by atoms with E-state index in [2.05, 4.69) is 43.8 Å². The number of carbonyl (C=O) groups excluding carboxylic acids is 1. The van der Waals surface area contributed by atoms with Gasteiger partial charge in [-0.25, -0.2) is 9.78 Å². The smallest absolute Gasteiger partial charge is 0.407 e. The number of nitrogens with one attached hydrogen (secondary N) is 2. The Morgan fingerprint density at radius 1 is 1.06 bits per heavy atom. The molecule has 0 spiro atoms. The third kappa shape index (κ3) is 5.62. The lowest BCUT2D eigenvalue weighted by molar-refractivity contribution is 0.143. The number of alkyl carbamates (subject to hydrolysis) is 1. The molecule has 8 nitrogen and oxygen atoms in total. The molecule has 170 valence electrons. The van der Waals surface area contributed by atoms with Crippen LogP contribution in [0.3, 0.4) is 0 Å². The van der Waals surface area contributed by atoms with E-state index in [9.17, 15) is 9.18 Å². The van der Waals surface area contributed by atoms with Crippen molar-refractivity contribution >= 4 is 23.1 Å². The van der Waals surface area contributed by atoms with Crippen LogP contribution < -0.4 is 10.6 Å². The topological polar surface area (TPSA) is 94.0 Å². The Morgan fingerprint density at radius 2 is 1.88 bits per heavy atom. The molecule has 0 radical (unpaired) electrons. The van der Waals surface area contributed by atoms with Gasteiger partial charge < -0.3 is 19.9 Å². The van der Waals surface area contributed by atoms with Crippen LogP contribution in [0, 0.1) is 6.08 Å². The zero-order chi connectivity index (χ0) is 23.0. The van der Waals surface area contributed by atoms with Crippen LogP contribution in [0.5, 0.6) is 0 Å². The van der Waals surface area contributed by atoms with Gasteiger partial charge in [-0.15, -0.1) is 0 Å². The van der Waals surface area contributed by atoms with Crippen molar-refractivity contribution in [1.82, 2.24) is 24.8 Å². The number of unbranched alkanes of at least 4 members (excludes halogenated alkanes) is 1. The molecule has 0 saturated carbocycles. The fraction of sp³-hybridized carbons (Fsp3) is 0.250. The minimum atomic E-state index is -0.803. The van der Waals surface area contributed by atoms with Crippen LogP contribution in [-0.4, -0.2) is 39.3 Å². The number of halogens is 1. The number of benzene rings is 2. The molecule has 2 heterocycles. The predicted molar refractivity (Wildman–Crippen MR) is 124 cm³/mol. The molecule has 0 aliphatic rings. The van der Waals surface area contributed by atoms with Gasteiger partial charge in [0.15, 0.2) is 17.0 Å². The van der Waals surface area contributed by atoms with E-state index >= 15 is 0 Å². The minimum Gasteiger partial charge on any atom is -0.450 e. The van der Waals surface area contributed by atoms with Gasteiger partial charge in [0.25, 0.3) is 0 Å². The summed E-state index contributed by atoms with van der Waals surface area (Å²) in [5.41, 5.74) is 4.18. The first-order chi connectivity index (χ1) is 16.1. The molecule has 0 fully saturated rings. The van der Waals surface area contributed by atoms with Gasteiger partial charge in [-0.3, -0.25) is 0 Å². The third-order valence-corrected chi connectivity index (χ3v) is 5.17. The standard InChI is InChI=1S/C24H25FN6O2/c1-26-21-20-22(30-23(25)29-21)31(16-28-20)12-5-6-13-33-24(32)27-15-17-8-7-11-19(14-17)18-9-3-2-4-10-18/h2-4,7-11,14,16H,5-6,12-13,15H2,1H3,(H,27,32)(H,26,29,30). The van der Waals surface area contributed by atoms with Crippen LogP contribution in [0.2, 0.25) is 0 Å². The molecule has 0 atom stereocenters. The Labute approximate surface area is 190 Å². The number of fused-ring (bicyclic) bond motifs is 1. The van der Waals surface area contributed by atoms with Crippen LogP contribution in [0.4, 0.5) is 15.0 Å². The largest absolute Gasteiger partial charge is 0.450 e. The molecule has 0 aliphatic carbocycles. The van der Waals surface area contributed by atoms with E-state index in [-0.39, 0.29) is 6.61 Å². The van der Waals surface area contributed by atoms with E-state index in [1.165, 1.54) is 0 Å². The Balaban J connectivity index is 1.20. The molecule has 0 bridgehead atoms. The van der Waals surface area contributed by atoms with Gasteiger partial charge in [-0.05, 0) is 35.6 Å². The van der Waals surface area contributed by atoms with Gasteiger partial charge in [0.1, 0.15) is 0 Å². The van der Waals surface area contributed by atoms with E-state index in [4.69, 9.17) is 4.74 Å². The van der Waals surface area contributed by atoms with Crippen molar-refractivity contribution in [1.29, 1.82) is 0 Å². The Hall–Kier alpha value is -4.01. The van der Waals surface area contributed by atoms with Gasteiger partial charge in [-0.1, -0.05) is 48.5 Å². The predicted octanol–water partition coefficient (Wildman–Crippen LogP) is 4.38. The highest BCUT2D eigenvalue weighted by atomic mass is 19.1. The number of aromatic nitrogens is 4. The highest BCUT2D eigenvalue weighted by molar-refractivity contribution is 5.82. The maximum atomic E-state index is 13.6. The highest BCUT2D eigenvalue weighted by Crippen LogP contribution is 2.20. The number of imidazole rings is 1. The molecular weight excluding hydrogens is 423 g/mol. The molecule has 2 aromatic heterocycles. The van der Waals surface area contributed by atoms with Crippen LogP contribution in [0.25, 0.3) is 22.3 Å². The average molecular weight is 449 g/mol. The summed E-state index contributed by atoms with van der Waals surface area (Å²) in [6, 6.07) is 18.1. The molecule has 0 saturated heterocycles. The van der Waals surface area contributed by atoms with Gasteiger partial charge in [0, 0.05) is 20.1 Å².